The van der Waals surface area contributed by atoms with E-state index in [0.29, 0.717) is 6.54 Å². The number of hydrogen-bond donors (Lipinski definition) is 2. The highest BCUT2D eigenvalue weighted by molar-refractivity contribution is 5.96. The van der Waals surface area contributed by atoms with Gasteiger partial charge in [0.1, 0.15) is 5.82 Å². The Labute approximate surface area is 128 Å². The van der Waals surface area contributed by atoms with Gasteiger partial charge in [-0.25, -0.2) is 4.39 Å². The third-order valence-electron chi connectivity index (χ3n) is 3.11. The van der Waals surface area contributed by atoms with Gasteiger partial charge in [-0.1, -0.05) is 35.9 Å². The average Bonchev–Trinajstić information content (AvgIpc) is 2.52. The van der Waals surface area contributed by atoms with Crippen LogP contribution in [0.3, 0.4) is 0 Å². The van der Waals surface area contributed by atoms with Crippen molar-refractivity contribution in [3.63, 3.8) is 0 Å². The summed E-state index contributed by atoms with van der Waals surface area (Å²) in [6.07, 6.45) is 0. The second-order valence-corrected chi connectivity index (χ2v) is 4.96. The molecule has 2 rings (SSSR count). The molecule has 2 amide bonds. The average molecular weight is 300 g/mol. The van der Waals surface area contributed by atoms with Crippen LogP contribution in [0.4, 0.5) is 4.39 Å². The summed E-state index contributed by atoms with van der Waals surface area (Å²) in [5.74, 6) is -1.27. The fourth-order valence-electron chi connectivity index (χ4n) is 1.86. The molecular weight excluding hydrogens is 283 g/mol. The Balaban J connectivity index is 1.78. The maximum Gasteiger partial charge on any atom is 0.251 e. The van der Waals surface area contributed by atoms with Gasteiger partial charge in [0.25, 0.3) is 5.91 Å². The topological polar surface area (TPSA) is 58.2 Å². The van der Waals surface area contributed by atoms with E-state index in [1.54, 1.807) is 0 Å². The van der Waals surface area contributed by atoms with E-state index < -0.39 is 11.7 Å². The van der Waals surface area contributed by atoms with E-state index in [9.17, 15) is 14.0 Å². The molecule has 0 aliphatic rings. The van der Waals surface area contributed by atoms with Crippen LogP contribution in [-0.2, 0) is 11.3 Å². The Morgan fingerprint density at radius 3 is 2.45 bits per heavy atom. The van der Waals surface area contributed by atoms with Gasteiger partial charge in [-0.05, 0) is 30.7 Å². The zero-order valence-electron chi connectivity index (χ0n) is 12.2. The molecule has 0 spiro atoms. The molecule has 0 atom stereocenters. The molecule has 0 aromatic heterocycles. The molecule has 2 aromatic rings. The summed E-state index contributed by atoms with van der Waals surface area (Å²) in [6, 6.07) is 13.1. The van der Waals surface area contributed by atoms with Crippen molar-refractivity contribution in [3.05, 3.63) is 71.0 Å². The van der Waals surface area contributed by atoms with Crippen molar-refractivity contribution in [2.45, 2.75) is 13.5 Å². The standard InChI is InChI=1S/C17H17FN2O2/c1-12-5-7-13(8-6-12)10-19-16(21)11-20-17(22)14-3-2-4-15(18)9-14/h2-9H,10-11H2,1H3,(H,19,21)(H,20,22). The van der Waals surface area contributed by atoms with Crippen molar-refractivity contribution in [2.75, 3.05) is 6.54 Å². The van der Waals surface area contributed by atoms with Crippen LogP contribution in [0.1, 0.15) is 21.5 Å². The van der Waals surface area contributed by atoms with Crippen LogP contribution >= 0.6 is 0 Å². The highest BCUT2D eigenvalue weighted by Crippen LogP contribution is 2.03. The van der Waals surface area contributed by atoms with E-state index in [1.807, 2.05) is 31.2 Å². The third kappa shape index (κ3) is 4.70. The Hall–Kier alpha value is -2.69. The molecule has 5 heteroatoms. The maximum atomic E-state index is 13.0. The molecular formula is C17H17FN2O2. The number of benzene rings is 2. The highest BCUT2D eigenvalue weighted by atomic mass is 19.1. The smallest absolute Gasteiger partial charge is 0.251 e. The quantitative estimate of drug-likeness (QED) is 0.889. The van der Waals surface area contributed by atoms with Gasteiger partial charge in [0, 0.05) is 12.1 Å². The monoisotopic (exact) mass is 300 g/mol. The Kier molecular flexibility index (Phi) is 5.25. The second-order valence-electron chi connectivity index (χ2n) is 4.96. The number of rotatable bonds is 5. The van der Waals surface area contributed by atoms with E-state index in [2.05, 4.69) is 10.6 Å². The van der Waals surface area contributed by atoms with E-state index in [-0.39, 0.29) is 18.0 Å². The molecule has 22 heavy (non-hydrogen) atoms. The molecule has 0 fully saturated rings. The normalized spacial score (nSPS) is 10.1. The summed E-state index contributed by atoms with van der Waals surface area (Å²) in [6.45, 7) is 2.24. The van der Waals surface area contributed by atoms with Crippen molar-refractivity contribution in [2.24, 2.45) is 0 Å². The summed E-state index contributed by atoms with van der Waals surface area (Å²) in [4.78, 5) is 23.4. The number of aryl methyl sites for hydroxylation is 1. The molecule has 2 aromatic carbocycles. The van der Waals surface area contributed by atoms with Gasteiger partial charge in [0.05, 0.1) is 6.54 Å². The van der Waals surface area contributed by atoms with Crippen LogP contribution in [0.5, 0.6) is 0 Å². The van der Waals surface area contributed by atoms with E-state index >= 15 is 0 Å². The van der Waals surface area contributed by atoms with Crippen molar-refractivity contribution >= 4 is 11.8 Å². The lowest BCUT2D eigenvalue weighted by Crippen LogP contribution is -2.36. The van der Waals surface area contributed by atoms with Crippen LogP contribution in [-0.4, -0.2) is 18.4 Å². The largest absolute Gasteiger partial charge is 0.350 e. The molecule has 0 bridgehead atoms. The molecule has 0 radical (unpaired) electrons. The van der Waals surface area contributed by atoms with Gasteiger partial charge in [-0.15, -0.1) is 0 Å². The minimum Gasteiger partial charge on any atom is -0.350 e. The summed E-state index contributed by atoms with van der Waals surface area (Å²) < 4.78 is 13.0. The number of carbonyl (C=O) groups excluding carboxylic acids is 2. The van der Waals surface area contributed by atoms with E-state index in [1.165, 1.54) is 18.2 Å². The molecule has 4 nitrogen and oxygen atoms in total. The molecule has 2 N–H and O–H groups in total. The first-order valence-electron chi connectivity index (χ1n) is 6.90. The lowest BCUT2D eigenvalue weighted by atomic mass is 10.1. The highest BCUT2D eigenvalue weighted by Gasteiger charge is 2.08. The number of halogens is 1. The Morgan fingerprint density at radius 1 is 1.05 bits per heavy atom. The predicted octanol–water partition coefficient (Wildman–Crippen LogP) is 2.18. The van der Waals surface area contributed by atoms with Crippen LogP contribution in [0.25, 0.3) is 0 Å². The first-order chi connectivity index (χ1) is 10.5. The van der Waals surface area contributed by atoms with Crippen molar-refractivity contribution in [1.82, 2.24) is 10.6 Å². The SMILES string of the molecule is Cc1ccc(CNC(=O)CNC(=O)c2cccc(F)c2)cc1. The van der Waals surface area contributed by atoms with Gasteiger partial charge in [-0.2, -0.15) is 0 Å². The first kappa shape index (κ1) is 15.7. The molecule has 0 saturated heterocycles. The second kappa shape index (κ2) is 7.36. The molecule has 114 valence electrons. The van der Waals surface area contributed by atoms with Crippen molar-refractivity contribution in [1.29, 1.82) is 0 Å². The van der Waals surface area contributed by atoms with Crippen LogP contribution in [0.15, 0.2) is 48.5 Å². The fraction of sp³-hybridized carbons (Fsp3) is 0.176. The summed E-state index contributed by atoms with van der Waals surface area (Å²) in [5.41, 5.74) is 2.32. The maximum absolute atomic E-state index is 13.0. The minimum atomic E-state index is -0.489. The number of hydrogen-bond acceptors (Lipinski definition) is 2. The molecule has 0 aliphatic heterocycles. The Morgan fingerprint density at radius 2 is 1.77 bits per heavy atom. The van der Waals surface area contributed by atoms with E-state index in [4.69, 9.17) is 0 Å². The Bertz CT molecular complexity index is 669. The zero-order chi connectivity index (χ0) is 15.9. The lowest BCUT2D eigenvalue weighted by molar-refractivity contribution is -0.120. The zero-order valence-corrected chi connectivity index (χ0v) is 12.2. The van der Waals surface area contributed by atoms with Gasteiger partial charge in [0.2, 0.25) is 5.91 Å². The molecule has 0 heterocycles. The number of amides is 2. The first-order valence-corrected chi connectivity index (χ1v) is 6.90. The summed E-state index contributed by atoms with van der Waals surface area (Å²) >= 11 is 0. The number of nitrogens with one attached hydrogen (secondary N) is 2. The minimum absolute atomic E-state index is 0.152. The van der Waals surface area contributed by atoms with Crippen LogP contribution in [0, 0.1) is 12.7 Å². The van der Waals surface area contributed by atoms with Gasteiger partial charge in [0.15, 0.2) is 0 Å². The fourth-order valence-corrected chi connectivity index (χ4v) is 1.86. The summed E-state index contributed by atoms with van der Waals surface area (Å²) in [5, 5.41) is 5.16. The van der Waals surface area contributed by atoms with Crippen molar-refractivity contribution in [3.8, 4) is 0 Å². The van der Waals surface area contributed by atoms with Gasteiger partial charge >= 0.3 is 0 Å². The summed E-state index contributed by atoms with van der Waals surface area (Å²) in [7, 11) is 0. The van der Waals surface area contributed by atoms with Crippen molar-refractivity contribution < 1.29 is 14.0 Å². The van der Waals surface area contributed by atoms with E-state index in [0.717, 1.165) is 17.2 Å². The predicted molar refractivity (Wildman–Crippen MR) is 81.8 cm³/mol. The lowest BCUT2D eigenvalue weighted by Gasteiger charge is -2.07. The molecule has 0 saturated carbocycles. The third-order valence-corrected chi connectivity index (χ3v) is 3.11. The van der Waals surface area contributed by atoms with Gasteiger partial charge < -0.3 is 10.6 Å². The van der Waals surface area contributed by atoms with Gasteiger partial charge in [-0.3, -0.25) is 9.59 Å². The number of carbonyl (C=O) groups is 2. The van der Waals surface area contributed by atoms with Crippen LogP contribution in [0.2, 0.25) is 0 Å². The van der Waals surface area contributed by atoms with Crippen LogP contribution < -0.4 is 10.6 Å². The molecule has 0 aliphatic carbocycles. The molecule has 0 unspecified atom stereocenters.